The number of hydrogen-bond acceptors (Lipinski definition) is 5. The lowest BCUT2D eigenvalue weighted by molar-refractivity contribution is 0.221. The molecule has 3 aromatic rings. The largest absolute Gasteiger partial charge is 0.461 e. The minimum atomic E-state index is -0.0445. The van der Waals surface area contributed by atoms with E-state index >= 15 is 0 Å². The first-order valence-corrected chi connectivity index (χ1v) is 6.57. The van der Waals surface area contributed by atoms with E-state index in [1.165, 1.54) is 0 Å². The fraction of sp³-hybridized carbons (Fsp3) is 0.214. The number of para-hydroxylation sites is 1. The van der Waals surface area contributed by atoms with Crippen LogP contribution in [0.2, 0.25) is 5.28 Å². The zero-order chi connectivity index (χ0) is 14.1. The second-order valence-electron chi connectivity index (χ2n) is 4.53. The predicted molar refractivity (Wildman–Crippen MR) is 75.8 cm³/mol. The number of nitrogens with zero attached hydrogens (tertiary/aromatic N) is 3. The van der Waals surface area contributed by atoms with Crippen molar-refractivity contribution in [3.8, 4) is 17.6 Å². The highest BCUT2D eigenvalue weighted by atomic mass is 35.5. The molecule has 5 nitrogen and oxygen atoms in total. The van der Waals surface area contributed by atoms with Crippen molar-refractivity contribution in [2.45, 2.75) is 20.0 Å². The SMILES string of the molecule is CC(C)Oc1nc(Cl)nc(-c2cc3ccccc3o2)n1. The highest BCUT2D eigenvalue weighted by Gasteiger charge is 2.13. The Hall–Kier alpha value is -2.14. The third-order valence-electron chi connectivity index (χ3n) is 2.57. The Balaban J connectivity index is 2.06. The molecular weight excluding hydrogens is 278 g/mol. The predicted octanol–water partition coefficient (Wildman–Crippen LogP) is 3.73. The number of benzene rings is 1. The van der Waals surface area contributed by atoms with Gasteiger partial charge in [0.25, 0.3) is 0 Å². The quantitative estimate of drug-likeness (QED) is 0.735. The average Bonchev–Trinajstić information content (AvgIpc) is 2.80. The summed E-state index contributed by atoms with van der Waals surface area (Å²) in [4.78, 5) is 12.2. The Labute approximate surface area is 120 Å². The van der Waals surface area contributed by atoms with Gasteiger partial charge in [-0.05, 0) is 37.6 Å². The molecule has 0 bridgehead atoms. The Bertz CT molecular complexity index is 722. The van der Waals surface area contributed by atoms with Crippen molar-refractivity contribution in [3.05, 3.63) is 35.6 Å². The van der Waals surface area contributed by atoms with Crippen LogP contribution in [0.1, 0.15) is 13.8 Å². The van der Waals surface area contributed by atoms with Gasteiger partial charge in [0.05, 0.1) is 6.10 Å². The second-order valence-corrected chi connectivity index (χ2v) is 4.86. The number of fused-ring (bicyclic) bond motifs is 1. The minimum Gasteiger partial charge on any atom is -0.461 e. The van der Waals surface area contributed by atoms with Gasteiger partial charge in [-0.3, -0.25) is 0 Å². The molecule has 0 saturated carbocycles. The lowest BCUT2D eigenvalue weighted by atomic mass is 10.2. The van der Waals surface area contributed by atoms with Crippen molar-refractivity contribution >= 4 is 22.6 Å². The van der Waals surface area contributed by atoms with Crippen LogP contribution in [0, 0.1) is 0 Å². The maximum absolute atomic E-state index is 5.90. The summed E-state index contributed by atoms with van der Waals surface area (Å²) in [6.07, 6.45) is -0.0445. The standard InChI is InChI=1S/C14H12ClN3O2/c1-8(2)19-14-17-12(16-13(15)18-14)11-7-9-5-3-4-6-10(9)20-11/h3-8H,1-2H3. The van der Waals surface area contributed by atoms with Crippen LogP contribution in [0.15, 0.2) is 34.7 Å². The van der Waals surface area contributed by atoms with Crippen molar-refractivity contribution in [3.63, 3.8) is 0 Å². The van der Waals surface area contributed by atoms with E-state index in [0.29, 0.717) is 11.6 Å². The number of furan rings is 1. The van der Waals surface area contributed by atoms with Gasteiger partial charge in [0.2, 0.25) is 11.1 Å². The molecule has 0 saturated heterocycles. The highest BCUT2D eigenvalue weighted by Crippen LogP contribution is 2.26. The Morgan fingerprint density at radius 1 is 1.15 bits per heavy atom. The van der Waals surface area contributed by atoms with Crippen LogP contribution in [-0.4, -0.2) is 21.1 Å². The number of halogens is 1. The van der Waals surface area contributed by atoms with Crippen molar-refractivity contribution in [1.29, 1.82) is 0 Å². The van der Waals surface area contributed by atoms with Gasteiger partial charge in [0.1, 0.15) is 5.58 Å². The van der Waals surface area contributed by atoms with Crippen LogP contribution in [0.3, 0.4) is 0 Å². The molecule has 2 aromatic heterocycles. The van der Waals surface area contributed by atoms with E-state index in [0.717, 1.165) is 11.0 Å². The zero-order valence-corrected chi connectivity index (χ0v) is 11.8. The third-order valence-corrected chi connectivity index (χ3v) is 2.74. The summed E-state index contributed by atoms with van der Waals surface area (Å²) in [6, 6.07) is 9.73. The maximum atomic E-state index is 5.90. The van der Waals surface area contributed by atoms with Crippen molar-refractivity contribution in [1.82, 2.24) is 15.0 Å². The first-order valence-electron chi connectivity index (χ1n) is 6.19. The average molecular weight is 290 g/mol. The van der Waals surface area contributed by atoms with Gasteiger partial charge < -0.3 is 9.15 Å². The van der Waals surface area contributed by atoms with Crippen LogP contribution < -0.4 is 4.74 Å². The molecule has 0 spiro atoms. The lowest BCUT2D eigenvalue weighted by Gasteiger charge is -2.07. The lowest BCUT2D eigenvalue weighted by Crippen LogP contribution is -2.09. The molecule has 1 aromatic carbocycles. The number of hydrogen-bond donors (Lipinski definition) is 0. The van der Waals surface area contributed by atoms with Crippen molar-refractivity contribution < 1.29 is 9.15 Å². The smallest absolute Gasteiger partial charge is 0.321 e. The molecule has 20 heavy (non-hydrogen) atoms. The fourth-order valence-electron chi connectivity index (χ4n) is 1.80. The van der Waals surface area contributed by atoms with Crippen LogP contribution in [0.25, 0.3) is 22.6 Å². The van der Waals surface area contributed by atoms with E-state index in [1.54, 1.807) is 0 Å². The molecule has 0 N–H and O–H groups in total. The van der Waals surface area contributed by atoms with Gasteiger partial charge in [-0.1, -0.05) is 18.2 Å². The van der Waals surface area contributed by atoms with E-state index in [1.807, 2.05) is 44.2 Å². The highest BCUT2D eigenvalue weighted by molar-refractivity contribution is 6.28. The van der Waals surface area contributed by atoms with E-state index in [-0.39, 0.29) is 17.4 Å². The Kier molecular flexibility index (Phi) is 3.28. The van der Waals surface area contributed by atoms with Gasteiger partial charge in [0, 0.05) is 5.39 Å². The van der Waals surface area contributed by atoms with Gasteiger partial charge in [0.15, 0.2) is 5.76 Å². The third kappa shape index (κ3) is 2.58. The first kappa shape index (κ1) is 12.9. The van der Waals surface area contributed by atoms with Crippen LogP contribution >= 0.6 is 11.6 Å². The molecule has 0 aliphatic heterocycles. The molecule has 0 aliphatic rings. The molecule has 0 amide bonds. The Morgan fingerprint density at radius 3 is 2.70 bits per heavy atom. The van der Waals surface area contributed by atoms with E-state index in [4.69, 9.17) is 20.8 Å². The summed E-state index contributed by atoms with van der Waals surface area (Å²) in [5, 5.41) is 1.05. The van der Waals surface area contributed by atoms with Crippen LogP contribution in [0.5, 0.6) is 6.01 Å². The van der Waals surface area contributed by atoms with Crippen LogP contribution in [-0.2, 0) is 0 Å². The molecule has 2 heterocycles. The summed E-state index contributed by atoms with van der Waals surface area (Å²) in [7, 11) is 0. The van der Waals surface area contributed by atoms with Gasteiger partial charge in [-0.15, -0.1) is 0 Å². The summed E-state index contributed by atoms with van der Waals surface area (Å²) in [5.74, 6) is 0.890. The molecule has 0 atom stereocenters. The van der Waals surface area contributed by atoms with Crippen molar-refractivity contribution in [2.75, 3.05) is 0 Å². The molecule has 0 radical (unpaired) electrons. The number of rotatable bonds is 3. The summed E-state index contributed by atoms with van der Waals surface area (Å²) in [5.41, 5.74) is 0.769. The monoisotopic (exact) mass is 289 g/mol. The van der Waals surface area contributed by atoms with Crippen molar-refractivity contribution in [2.24, 2.45) is 0 Å². The first-order chi connectivity index (χ1) is 9.61. The maximum Gasteiger partial charge on any atom is 0.321 e. The molecule has 0 fully saturated rings. The van der Waals surface area contributed by atoms with Gasteiger partial charge in [-0.2, -0.15) is 15.0 Å². The summed E-state index contributed by atoms with van der Waals surface area (Å²) >= 11 is 5.90. The van der Waals surface area contributed by atoms with E-state index < -0.39 is 0 Å². The second kappa shape index (κ2) is 5.09. The molecule has 6 heteroatoms. The minimum absolute atomic E-state index is 0.0445. The zero-order valence-electron chi connectivity index (χ0n) is 11.0. The van der Waals surface area contributed by atoms with E-state index in [2.05, 4.69) is 15.0 Å². The number of aromatic nitrogens is 3. The fourth-order valence-corrected chi connectivity index (χ4v) is 1.95. The topological polar surface area (TPSA) is 61.0 Å². The van der Waals surface area contributed by atoms with E-state index in [9.17, 15) is 0 Å². The molecular formula is C14H12ClN3O2. The van der Waals surface area contributed by atoms with Crippen LogP contribution in [0.4, 0.5) is 0 Å². The van der Waals surface area contributed by atoms with Gasteiger partial charge >= 0.3 is 6.01 Å². The summed E-state index contributed by atoms with van der Waals surface area (Å²) in [6.45, 7) is 3.77. The molecule has 0 unspecified atom stereocenters. The normalized spacial score (nSPS) is 11.2. The number of ether oxygens (including phenoxy) is 1. The van der Waals surface area contributed by atoms with Gasteiger partial charge in [-0.25, -0.2) is 0 Å². The molecule has 3 rings (SSSR count). The molecule has 102 valence electrons. The molecule has 0 aliphatic carbocycles. The summed E-state index contributed by atoms with van der Waals surface area (Å²) < 4.78 is 11.1. The Morgan fingerprint density at radius 2 is 1.95 bits per heavy atom.